The van der Waals surface area contributed by atoms with Crippen LogP contribution in [0.25, 0.3) is 0 Å². The second-order valence-electron chi connectivity index (χ2n) is 5.26. The monoisotopic (exact) mass is 302 g/mol. The van der Waals surface area contributed by atoms with Gasteiger partial charge in [-0.25, -0.2) is 10.3 Å². The van der Waals surface area contributed by atoms with Gasteiger partial charge in [-0.1, -0.05) is 26.7 Å². The van der Waals surface area contributed by atoms with E-state index in [-0.39, 0.29) is 18.2 Å². The summed E-state index contributed by atoms with van der Waals surface area (Å²) < 4.78 is 4.65. The molecule has 2 amide bonds. The third kappa shape index (κ3) is 9.01. The van der Waals surface area contributed by atoms with Crippen LogP contribution < -0.4 is 10.8 Å². The van der Waals surface area contributed by atoms with Crippen molar-refractivity contribution in [3.05, 3.63) is 0 Å². The first-order valence-electron chi connectivity index (χ1n) is 7.22. The molecule has 0 aromatic rings. The highest BCUT2D eigenvalue weighted by Crippen LogP contribution is 2.07. The molecule has 0 aromatic heterocycles. The summed E-state index contributed by atoms with van der Waals surface area (Å²) in [6, 6.07) is -0.615. The maximum absolute atomic E-state index is 11.7. The molecule has 0 unspecified atom stereocenters. The molecule has 7 nitrogen and oxygen atoms in total. The van der Waals surface area contributed by atoms with Crippen LogP contribution in [0, 0.1) is 5.92 Å². The predicted octanol–water partition coefficient (Wildman–Crippen LogP) is 1.15. The fourth-order valence-corrected chi connectivity index (χ4v) is 1.85. The van der Waals surface area contributed by atoms with Crippen molar-refractivity contribution in [2.75, 3.05) is 7.11 Å². The minimum Gasteiger partial charge on any atom is -0.467 e. The summed E-state index contributed by atoms with van der Waals surface area (Å²) in [6.45, 7) is 3.68. The van der Waals surface area contributed by atoms with Gasteiger partial charge < -0.3 is 10.1 Å². The van der Waals surface area contributed by atoms with E-state index in [9.17, 15) is 14.4 Å². The van der Waals surface area contributed by atoms with Gasteiger partial charge >= 0.3 is 5.97 Å². The third-order valence-electron chi connectivity index (χ3n) is 3.12. The Hall–Kier alpha value is -1.63. The first kappa shape index (κ1) is 19.4. The van der Waals surface area contributed by atoms with Crippen molar-refractivity contribution >= 4 is 17.8 Å². The number of nitrogens with one attached hydrogen (secondary N) is 2. The van der Waals surface area contributed by atoms with Crippen LogP contribution in [0.5, 0.6) is 0 Å². The Morgan fingerprint density at radius 2 is 1.52 bits per heavy atom. The van der Waals surface area contributed by atoms with E-state index in [2.05, 4.69) is 10.1 Å². The normalized spacial score (nSPS) is 11.9. The maximum atomic E-state index is 11.7. The molecule has 0 aliphatic rings. The van der Waals surface area contributed by atoms with E-state index >= 15 is 0 Å². The zero-order valence-corrected chi connectivity index (χ0v) is 13.0. The first-order chi connectivity index (χ1) is 9.92. The standard InChI is InChI=1S/C14H26N2O5/c1-10(2)13(14(19)21-3)15-11(17)8-6-4-5-7-9-12(18)16-20/h10,13,20H,4-9H2,1-3H3,(H,15,17)(H,16,18)/t13-/m0/s1. The largest absolute Gasteiger partial charge is 0.467 e. The molecule has 0 radical (unpaired) electrons. The van der Waals surface area contributed by atoms with E-state index in [1.165, 1.54) is 7.11 Å². The van der Waals surface area contributed by atoms with Crippen LogP contribution in [0.1, 0.15) is 52.4 Å². The lowest BCUT2D eigenvalue weighted by atomic mass is 10.0. The molecule has 7 heteroatoms. The number of carbonyl (C=O) groups excluding carboxylic acids is 3. The summed E-state index contributed by atoms with van der Waals surface area (Å²) >= 11 is 0. The van der Waals surface area contributed by atoms with Crippen LogP contribution in [-0.4, -0.2) is 36.1 Å². The SMILES string of the molecule is COC(=O)[C@@H](NC(=O)CCCCCCC(=O)NO)C(C)C. The van der Waals surface area contributed by atoms with Crippen LogP contribution in [0.2, 0.25) is 0 Å². The number of carbonyl (C=O) groups is 3. The van der Waals surface area contributed by atoms with Crippen LogP contribution in [0.4, 0.5) is 0 Å². The summed E-state index contributed by atoms with van der Waals surface area (Å²) in [6.07, 6.45) is 3.61. The fraction of sp³-hybridized carbons (Fsp3) is 0.786. The van der Waals surface area contributed by atoms with Crippen molar-refractivity contribution < 1.29 is 24.3 Å². The van der Waals surface area contributed by atoms with Crippen molar-refractivity contribution in [2.45, 2.75) is 58.4 Å². The van der Waals surface area contributed by atoms with Gasteiger partial charge in [0, 0.05) is 12.8 Å². The number of ether oxygens (including phenoxy) is 1. The molecule has 0 fully saturated rings. The Morgan fingerprint density at radius 3 is 1.95 bits per heavy atom. The van der Waals surface area contributed by atoms with Crippen molar-refractivity contribution in [3.8, 4) is 0 Å². The molecule has 0 saturated heterocycles. The molecule has 0 aliphatic carbocycles. The lowest BCUT2D eigenvalue weighted by Crippen LogP contribution is -2.44. The number of amides is 2. The number of methoxy groups -OCH3 is 1. The van der Waals surface area contributed by atoms with Crippen LogP contribution >= 0.6 is 0 Å². The Bertz CT molecular complexity index is 344. The fourth-order valence-electron chi connectivity index (χ4n) is 1.85. The molecule has 0 aromatic carbocycles. The van der Waals surface area contributed by atoms with E-state index in [0.717, 1.165) is 12.8 Å². The van der Waals surface area contributed by atoms with Gasteiger partial charge in [-0.15, -0.1) is 0 Å². The highest BCUT2D eigenvalue weighted by Gasteiger charge is 2.24. The second kappa shape index (κ2) is 11.1. The Kier molecular flexibility index (Phi) is 10.2. The summed E-state index contributed by atoms with van der Waals surface area (Å²) in [5, 5.41) is 11.0. The van der Waals surface area contributed by atoms with Gasteiger partial charge in [0.1, 0.15) is 6.04 Å². The Labute approximate surface area is 125 Å². The zero-order chi connectivity index (χ0) is 16.3. The third-order valence-corrected chi connectivity index (χ3v) is 3.12. The average molecular weight is 302 g/mol. The van der Waals surface area contributed by atoms with Gasteiger partial charge in [0.05, 0.1) is 7.11 Å². The van der Waals surface area contributed by atoms with Gasteiger partial charge in [0.2, 0.25) is 11.8 Å². The van der Waals surface area contributed by atoms with E-state index in [1.807, 2.05) is 13.8 Å². The first-order valence-corrected chi connectivity index (χ1v) is 7.22. The molecule has 21 heavy (non-hydrogen) atoms. The summed E-state index contributed by atoms with van der Waals surface area (Å²) in [4.78, 5) is 34.0. The van der Waals surface area contributed by atoms with E-state index in [4.69, 9.17) is 5.21 Å². The minimum atomic E-state index is -0.615. The topological polar surface area (TPSA) is 105 Å². The highest BCUT2D eigenvalue weighted by molar-refractivity contribution is 5.84. The van der Waals surface area contributed by atoms with Crippen LogP contribution in [-0.2, 0) is 19.1 Å². The molecular weight excluding hydrogens is 276 g/mol. The second-order valence-corrected chi connectivity index (χ2v) is 5.26. The maximum Gasteiger partial charge on any atom is 0.328 e. The Morgan fingerprint density at radius 1 is 1.00 bits per heavy atom. The van der Waals surface area contributed by atoms with Crippen LogP contribution in [0.15, 0.2) is 0 Å². The van der Waals surface area contributed by atoms with Crippen molar-refractivity contribution in [1.82, 2.24) is 10.8 Å². The summed E-state index contributed by atoms with van der Waals surface area (Å²) in [5.41, 5.74) is 1.58. The van der Waals surface area contributed by atoms with Crippen molar-refractivity contribution in [2.24, 2.45) is 5.92 Å². The molecule has 122 valence electrons. The van der Waals surface area contributed by atoms with Gasteiger partial charge in [0.25, 0.3) is 0 Å². The molecule has 0 bridgehead atoms. The number of rotatable bonds is 10. The zero-order valence-electron chi connectivity index (χ0n) is 13.0. The molecule has 0 saturated carbocycles. The highest BCUT2D eigenvalue weighted by atomic mass is 16.5. The number of esters is 1. The Balaban J connectivity index is 3.83. The smallest absolute Gasteiger partial charge is 0.328 e. The lowest BCUT2D eigenvalue weighted by molar-refractivity contribution is -0.146. The van der Waals surface area contributed by atoms with Gasteiger partial charge in [0.15, 0.2) is 0 Å². The van der Waals surface area contributed by atoms with Gasteiger partial charge in [-0.2, -0.15) is 0 Å². The number of hydrogen-bond donors (Lipinski definition) is 3. The molecule has 0 aliphatic heterocycles. The molecule has 3 N–H and O–H groups in total. The minimum absolute atomic E-state index is 0.0293. The van der Waals surface area contributed by atoms with Crippen molar-refractivity contribution in [3.63, 3.8) is 0 Å². The molecule has 1 atom stereocenters. The number of unbranched alkanes of at least 4 members (excludes halogenated alkanes) is 3. The van der Waals surface area contributed by atoms with E-state index < -0.39 is 17.9 Å². The van der Waals surface area contributed by atoms with Gasteiger partial charge in [-0.05, 0) is 18.8 Å². The molecule has 0 spiro atoms. The summed E-state index contributed by atoms with van der Waals surface area (Å²) in [7, 11) is 1.30. The average Bonchev–Trinajstić information content (AvgIpc) is 2.46. The predicted molar refractivity (Wildman–Crippen MR) is 76.4 cm³/mol. The molecule has 0 rings (SSSR count). The van der Waals surface area contributed by atoms with E-state index in [0.29, 0.717) is 19.3 Å². The lowest BCUT2D eigenvalue weighted by Gasteiger charge is -2.19. The van der Waals surface area contributed by atoms with E-state index in [1.54, 1.807) is 5.48 Å². The molecule has 0 heterocycles. The molecular formula is C14H26N2O5. The summed E-state index contributed by atoms with van der Waals surface area (Å²) in [5.74, 6) is -1.04. The number of hydroxylamine groups is 1. The van der Waals surface area contributed by atoms with Gasteiger partial charge in [-0.3, -0.25) is 14.8 Å². The van der Waals surface area contributed by atoms with Crippen LogP contribution in [0.3, 0.4) is 0 Å². The quantitative estimate of drug-likeness (QED) is 0.243. The van der Waals surface area contributed by atoms with Crippen molar-refractivity contribution in [1.29, 1.82) is 0 Å². The number of hydrogen-bond acceptors (Lipinski definition) is 5.